The lowest BCUT2D eigenvalue weighted by Crippen LogP contribution is -2.49. The average molecular weight is 536 g/mol. The molecule has 0 amide bonds. The molecule has 1 aromatic heterocycles. The van der Waals surface area contributed by atoms with Crippen molar-refractivity contribution < 1.29 is 13.3 Å². The van der Waals surface area contributed by atoms with Gasteiger partial charge in [0, 0.05) is 54.9 Å². The highest BCUT2D eigenvalue weighted by Crippen LogP contribution is 2.30. The number of benzene rings is 2. The third-order valence-electron chi connectivity index (χ3n) is 5.89. The fourth-order valence-corrected chi connectivity index (χ4v) is 5.83. The van der Waals surface area contributed by atoms with Gasteiger partial charge in [-0.2, -0.15) is 4.31 Å². The lowest BCUT2D eigenvalue weighted by atomic mass is 10.0. The SMILES string of the molecule is Cc1nc(C)c(Cc2ccc(Cl)cc2)c(N2CCN(S(=O)(=O)c3ccc(Cl)c([N+](=O)[O-])c3)CC2)n1. The molecular formula is C23H23Cl2N5O4S. The van der Waals surface area contributed by atoms with Crippen LogP contribution in [0.4, 0.5) is 11.5 Å². The molecule has 0 saturated carbocycles. The molecule has 0 radical (unpaired) electrons. The maximum Gasteiger partial charge on any atom is 0.289 e. The summed E-state index contributed by atoms with van der Waals surface area (Å²) in [5.41, 5.74) is 2.47. The van der Waals surface area contributed by atoms with Crippen molar-refractivity contribution in [3.63, 3.8) is 0 Å². The molecule has 9 nitrogen and oxygen atoms in total. The zero-order valence-corrected chi connectivity index (χ0v) is 21.4. The maximum atomic E-state index is 13.2. The Morgan fingerprint density at radius 1 is 1.00 bits per heavy atom. The Balaban J connectivity index is 1.56. The third-order valence-corrected chi connectivity index (χ3v) is 8.35. The number of anilines is 1. The first-order valence-corrected chi connectivity index (χ1v) is 13.0. The van der Waals surface area contributed by atoms with Crippen molar-refractivity contribution in [2.45, 2.75) is 25.2 Å². The monoisotopic (exact) mass is 535 g/mol. The molecule has 1 aliphatic heterocycles. The van der Waals surface area contributed by atoms with Crippen LogP contribution in [-0.2, 0) is 16.4 Å². The van der Waals surface area contributed by atoms with Crippen molar-refractivity contribution in [1.82, 2.24) is 14.3 Å². The molecule has 1 fully saturated rings. The zero-order valence-electron chi connectivity index (χ0n) is 19.1. The standard InChI is InChI=1S/C23H23Cl2N5O4S/c1-15-20(13-17-3-5-18(24)6-4-17)23(27-16(2)26-15)28-9-11-29(12-10-28)35(33,34)19-7-8-21(25)22(14-19)30(31)32/h3-8,14H,9-13H2,1-2H3. The molecule has 0 aliphatic carbocycles. The first-order valence-electron chi connectivity index (χ1n) is 10.8. The van der Waals surface area contributed by atoms with Gasteiger partial charge >= 0.3 is 0 Å². The second kappa shape index (κ2) is 10.1. The molecule has 0 spiro atoms. The normalized spacial score (nSPS) is 14.8. The lowest BCUT2D eigenvalue weighted by molar-refractivity contribution is -0.384. The predicted molar refractivity (Wildman–Crippen MR) is 135 cm³/mol. The summed E-state index contributed by atoms with van der Waals surface area (Å²) in [7, 11) is -3.92. The van der Waals surface area contributed by atoms with Gasteiger partial charge < -0.3 is 4.90 Å². The summed E-state index contributed by atoms with van der Waals surface area (Å²) in [5, 5.41) is 11.8. The van der Waals surface area contributed by atoms with Crippen LogP contribution >= 0.6 is 23.2 Å². The van der Waals surface area contributed by atoms with Gasteiger partial charge in [0.2, 0.25) is 10.0 Å². The Hall–Kier alpha value is -2.79. The van der Waals surface area contributed by atoms with Crippen LogP contribution in [0.3, 0.4) is 0 Å². The van der Waals surface area contributed by atoms with Gasteiger partial charge in [-0.3, -0.25) is 10.1 Å². The second-order valence-electron chi connectivity index (χ2n) is 8.22. The third kappa shape index (κ3) is 5.40. The molecule has 0 unspecified atom stereocenters. The Kier molecular flexibility index (Phi) is 7.27. The lowest BCUT2D eigenvalue weighted by Gasteiger charge is -2.35. The largest absolute Gasteiger partial charge is 0.354 e. The van der Waals surface area contributed by atoms with Crippen molar-refractivity contribution in [3.8, 4) is 0 Å². The highest BCUT2D eigenvalue weighted by atomic mass is 35.5. The summed E-state index contributed by atoms with van der Waals surface area (Å²) in [6, 6.07) is 11.1. The van der Waals surface area contributed by atoms with Crippen molar-refractivity contribution in [2.24, 2.45) is 0 Å². The van der Waals surface area contributed by atoms with Crippen molar-refractivity contribution in [3.05, 3.63) is 85.3 Å². The van der Waals surface area contributed by atoms with Crippen LogP contribution in [-0.4, -0.2) is 53.8 Å². The molecule has 0 bridgehead atoms. The van der Waals surface area contributed by atoms with Crippen LogP contribution in [0.5, 0.6) is 0 Å². The molecule has 4 rings (SSSR count). The van der Waals surface area contributed by atoms with E-state index in [2.05, 4.69) is 14.9 Å². The number of rotatable bonds is 6. The Labute approximate surface area is 213 Å². The predicted octanol–water partition coefficient (Wildman–Crippen LogP) is 4.41. The molecule has 0 atom stereocenters. The first-order chi connectivity index (χ1) is 16.6. The Bertz CT molecular complexity index is 1380. The Morgan fingerprint density at radius 2 is 1.66 bits per heavy atom. The molecule has 12 heteroatoms. The number of hydrogen-bond acceptors (Lipinski definition) is 7. The van der Waals surface area contributed by atoms with Crippen molar-refractivity contribution in [2.75, 3.05) is 31.1 Å². The van der Waals surface area contributed by atoms with Crippen molar-refractivity contribution >= 4 is 44.7 Å². The number of aromatic nitrogens is 2. The van der Waals surface area contributed by atoms with E-state index in [4.69, 9.17) is 23.2 Å². The molecular weight excluding hydrogens is 513 g/mol. The average Bonchev–Trinajstić information content (AvgIpc) is 2.82. The highest BCUT2D eigenvalue weighted by molar-refractivity contribution is 7.89. The minimum absolute atomic E-state index is 0.110. The van der Waals surface area contributed by atoms with Gasteiger partial charge in [0.05, 0.1) is 9.82 Å². The number of aryl methyl sites for hydroxylation is 2. The number of sulfonamides is 1. The summed E-state index contributed by atoms with van der Waals surface area (Å²) in [4.78, 5) is 21.6. The molecule has 0 N–H and O–H groups in total. The van der Waals surface area contributed by atoms with Gasteiger partial charge in [0.25, 0.3) is 5.69 Å². The fraction of sp³-hybridized carbons (Fsp3) is 0.304. The van der Waals surface area contributed by atoms with E-state index in [1.807, 2.05) is 38.1 Å². The minimum atomic E-state index is -3.92. The Morgan fingerprint density at radius 3 is 2.29 bits per heavy atom. The van der Waals surface area contributed by atoms with Gasteiger partial charge in [-0.05, 0) is 43.7 Å². The fourth-order valence-electron chi connectivity index (χ4n) is 4.07. The summed E-state index contributed by atoms with van der Waals surface area (Å²) in [6.45, 7) is 5.02. The van der Waals surface area contributed by atoms with Gasteiger partial charge in [0.1, 0.15) is 16.7 Å². The van der Waals surface area contributed by atoms with Gasteiger partial charge in [-0.25, -0.2) is 18.4 Å². The smallest absolute Gasteiger partial charge is 0.289 e. The van der Waals surface area contributed by atoms with Gasteiger partial charge in [-0.1, -0.05) is 35.3 Å². The van der Waals surface area contributed by atoms with E-state index in [0.717, 1.165) is 28.7 Å². The van der Waals surface area contributed by atoms with Crippen molar-refractivity contribution in [1.29, 1.82) is 0 Å². The molecule has 35 heavy (non-hydrogen) atoms. The number of nitro benzene ring substituents is 1. The summed E-state index contributed by atoms with van der Waals surface area (Å²) < 4.78 is 27.7. The van der Waals surface area contributed by atoms with Crippen LogP contribution in [0.15, 0.2) is 47.4 Å². The van der Waals surface area contributed by atoms with Gasteiger partial charge in [-0.15, -0.1) is 0 Å². The second-order valence-corrected chi connectivity index (χ2v) is 11.0. The molecule has 3 aromatic rings. The van der Waals surface area contributed by atoms with E-state index in [-0.39, 0.29) is 23.0 Å². The number of halogens is 2. The summed E-state index contributed by atoms with van der Waals surface area (Å²) >= 11 is 11.9. The maximum absolute atomic E-state index is 13.2. The van der Waals surface area contributed by atoms with Crippen LogP contribution in [0.2, 0.25) is 10.0 Å². The van der Waals surface area contributed by atoms with E-state index < -0.39 is 20.6 Å². The quantitative estimate of drug-likeness (QED) is 0.339. The molecule has 1 saturated heterocycles. The zero-order chi connectivity index (χ0) is 25.3. The van der Waals surface area contributed by atoms with E-state index in [9.17, 15) is 18.5 Å². The van der Waals surface area contributed by atoms with Crippen LogP contribution in [0, 0.1) is 24.0 Å². The first kappa shape index (κ1) is 25.3. The molecule has 1 aliphatic rings. The molecule has 184 valence electrons. The van der Waals surface area contributed by atoms with E-state index in [1.54, 1.807) is 0 Å². The molecule has 2 aromatic carbocycles. The number of piperazine rings is 1. The van der Waals surface area contributed by atoms with Crippen LogP contribution in [0.25, 0.3) is 0 Å². The van der Waals surface area contributed by atoms with Crippen LogP contribution < -0.4 is 4.90 Å². The molecule has 2 heterocycles. The van der Waals surface area contributed by atoms with E-state index in [1.165, 1.54) is 16.4 Å². The minimum Gasteiger partial charge on any atom is -0.354 e. The van der Waals surface area contributed by atoms with Crippen LogP contribution in [0.1, 0.15) is 22.6 Å². The highest BCUT2D eigenvalue weighted by Gasteiger charge is 2.31. The number of nitro groups is 1. The summed E-state index contributed by atoms with van der Waals surface area (Å²) in [5.74, 6) is 1.42. The number of nitrogens with zero attached hydrogens (tertiary/aromatic N) is 5. The summed E-state index contributed by atoms with van der Waals surface area (Å²) in [6.07, 6.45) is 0.617. The number of hydrogen-bond donors (Lipinski definition) is 0. The van der Waals surface area contributed by atoms with Gasteiger partial charge in [0.15, 0.2) is 0 Å². The van der Waals surface area contributed by atoms with E-state index in [0.29, 0.717) is 30.4 Å². The van der Waals surface area contributed by atoms with E-state index >= 15 is 0 Å². The topological polar surface area (TPSA) is 110 Å².